The molecule has 0 aromatic heterocycles. The Balaban J connectivity index is 1.86. The van der Waals surface area contributed by atoms with Gasteiger partial charge in [0.1, 0.15) is 5.82 Å². The molecule has 0 spiro atoms. The molecule has 1 heterocycles. The van der Waals surface area contributed by atoms with Crippen molar-refractivity contribution in [1.82, 2.24) is 15.5 Å². The van der Waals surface area contributed by atoms with E-state index in [9.17, 15) is 14.0 Å². The normalized spacial score (nSPS) is 21.0. The first-order valence-corrected chi connectivity index (χ1v) is 6.93. The number of halogens is 1. The summed E-state index contributed by atoms with van der Waals surface area (Å²) in [6.07, 6.45) is 1.18. The Hall–Kier alpha value is -2.11. The second-order valence-corrected chi connectivity index (χ2v) is 5.72. The average Bonchev–Trinajstić information content (AvgIpc) is 2.79. The SMILES string of the molecule is CN(Cc1ccccc1F)C(=O)NC[C@@]1(C)CCC(=O)N1. The van der Waals surface area contributed by atoms with E-state index in [0.29, 0.717) is 24.9 Å². The highest BCUT2D eigenvalue weighted by molar-refractivity contribution is 5.80. The van der Waals surface area contributed by atoms with Gasteiger partial charge < -0.3 is 15.5 Å². The highest BCUT2D eigenvalue weighted by Crippen LogP contribution is 2.18. The Kier molecular flexibility index (Phi) is 4.45. The van der Waals surface area contributed by atoms with Crippen LogP contribution >= 0.6 is 0 Å². The molecule has 1 saturated heterocycles. The van der Waals surface area contributed by atoms with Crippen molar-refractivity contribution in [3.8, 4) is 0 Å². The van der Waals surface area contributed by atoms with Crippen molar-refractivity contribution in [3.63, 3.8) is 0 Å². The minimum absolute atomic E-state index is 0.00598. The second kappa shape index (κ2) is 6.11. The van der Waals surface area contributed by atoms with Gasteiger partial charge in [0.2, 0.25) is 5.91 Å². The van der Waals surface area contributed by atoms with Gasteiger partial charge in [0.05, 0.1) is 5.54 Å². The Labute approximate surface area is 123 Å². The van der Waals surface area contributed by atoms with Crippen molar-refractivity contribution in [1.29, 1.82) is 0 Å². The number of amides is 3. The molecule has 1 aliphatic heterocycles. The highest BCUT2D eigenvalue weighted by Gasteiger charge is 2.33. The molecule has 2 N–H and O–H groups in total. The quantitative estimate of drug-likeness (QED) is 0.886. The Morgan fingerprint density at radius 2 is 2.19 bits per heavy atom. The zero-order chi connectivity index (χ0) is 15.5. The molecule has 1 atom stereocenters. The molecule has 2 rings (SSSR count). The van der Waals surface area contributed by atoms with Crippen LogP contribution in [0, 0.1) is 5.82 Å². The second-order valence-electron chi connectivity index (χ2n) is 5.72. The maximum Gasteiger partial charge on any atom is 0.317 e. The van der Waals surface area contributed by atoms with E-state index in [1.165, 1.54) is 11.0 Å². The van der Waals surface area contributed by atoms with E-state index in [1.54, 1.807) is 25.2 Å². The van der Waals surface area contributed by atoms with E-state index >= 15 is 0 Å². The molecular weight excluding hydrogens is 273 g/mol. The van der Waals surface area contributed by atoms with Gasteiger partial charge in [0.25, 0.3) is 0 Å². The van der Waals surface area contributed by atoms with E-state index in [4.69, 9.17) is 0 Å². The lowest BCUT2D eigenvalue weighted by atomic mass is 10.0. The monoisotopic (exact) mass is 293 g/mol. The predicted octanol–water partition coefficient (Wildman–Crippen LogP) is 1.64. The summed E-state index contributed by atoms with van der Waals surface area (Å²) in [5.74, 6) is -0.321. The van der Waals surface area contributed by atoms with Gasteiger partial charge in [-0.3, -0.25) is 4.79 Å². The summed E-state index contributed by atoms with van der Waals surface area (Å²) in [5.41, 5.74) is 0.0708. The molecular formula is C15H20FN3O2. The Morgan fingerprint density at radius 1 is 1.48 bits per heavy atom. The van der Waals surface area contributed by atoms with Crippen LogP contribution in [0.1, 0.15) is 25.3 Å². The molecule has 1 fully saturated rings. The third kappa shape index (κ3) is 3.93. The maximum atomic E-state index is 13.5. The van der Waals surface area contributed by atoms with Gasteiger partial charge in [-0.1, -0.05) is 18.2 Å². The van der Waals surface area contributed by atoms with Crippen LogP contribution in [0.5, 0.6) is 0 Å². The summed E-state index contributed by atoms with van der Waals surface area (Å²) in [6.45, 7) is 2.45. The highest BCUT2D eigenvalue weighted by atomic mass is 19.1. The lowest BCUT2D eigenvalue weighted by Crippen LogP contribution is -2.50. The van der Waals surface area contributed by atoms with Crippen LogP contribution in [-0.2, 0) is 11.3 Å². The van der Waals surface area contributed by atoms with Crippen molar-refractivity contribution in [3.05, 3.63) is 35.6 Å². The number of hydrogen-bond donors (Lipinski definition) is 2. The number of rotatable bonds is 4. The number of hydrogen-bond acceptors (Lipinski definition) is 2. The van der Waals surface area contributed by atoms with Gasteiger partial charge in [-0.05, 0) is 19.4 Å². The number of benzene rings is 1. The summed E-state index contributed by atoms with van der Waals surface area (Å²) in [7, 11) is 1.61. The molecule has 21 heavy (non-hydrogen) atoms. The molecule has 3 amide bonds. The van der Waals surface area contributed by atoms with Crippen LogP contribution in [0.4, 0.5) is 9.18 Å². The van der Waals surface area contributed by atoms with Crippen LogP contribution in [0.3, 0.4) is 0 Å². The minimum Gasteiger partial charge on any atom is -0.349 e. The van der Waals surface area contributed by atoms with Gasteiger partial charge in [-0.25, -0.2) is 9.18 Å². The van der Waals surface area contributed by atoms with Gasteiger partial charge in [0.15, 0.2) is 0 Å². The molecule has 0 unspecified atom stereocenters. The van der Waals surface area contributed by atoms with E-state index < -0.39 is 5.54 Å². The van der Waals surface area contributed by atoms with Crippen molar-refractivity contribution in [2.45, 2.75) is 31.8 Å². The van der Waals surface area contributed by atoms with E-state index in [1.807, 2.05) is 6.92 Å². The fourth-order valence-electron chi connectivity index (χ4n) is 2.34. The molecule has 1 aromatic carbocycles. The Bertz CT molecular complexity index is 549. The topological polar surface area (TPSA) is 61.4 Å². The van der Waals surface area contributed by atoms with E-state index in [0.717, 1.165) is 0 Å². The fourth-order valence-corrected chi connectivity index (χ4v) is 2.34. The fraction of sp³-hybridized carbons (Fsp3) is 0.467. The predicted molar refractivity (Wildman–Crippen MR) is 77.0 cm³/mol. The molecule has 114 valence electrons. The number of carbonyl (C=O) groups is 2. The van der Waals surface area contributed by atoms with Crippen molar-refractivity contribution >= 4 is 11.9 Å². The van der Waals surface area contributed by atoms with Gasteiger partial charge >= 0.3 is 6.03 Å². The summed E-state index contributed by atoms with van der Waals surface area (Å²) >= 11 is 0. The zero-order valence-corrected chi connectivity index (χ0v) is 12.3. The third-order valence-electron chi connectivity index (χ3n) is 3.69. The molecule has 0 saturated carbocycles. The summed E-state index contributed by atoms with van der Waals surface area (Å²) in [5, 5.41) is 5.63. The maximum absolute atomic E-state index is 13.5. The van der Waals surface area contributed by atoms with E-state index in [-0.39, 0.29) is 24.3 Å². The van der Waals surface area contributed by atoms with Crippen LogP contribution < -0.4 is 10.6 Å². The lowest BCUT2D eigenvalue weighted by molar-refractivity contribution is -0.119. The van der Waals surface area contributed by atoms with Gasteiger partial charge in [-0.2, -0.15) is 0 Å². The smallest absolute Gasteiger partial charge is 0.317 e. The molecule has 0 radical (unpaired) electrons. The first-order valence-electron chi connectivity index (χ1n) is 6.93. The number of nitrogens with zero attached hydrogens (tertiary/aromatic N) is 1. The third-order valence-corrected chi connectivity index (χ3v) is 3.69. The molecule has 5 nitrogen and oxygen atoms in total. The molecule has 1 aliphatic rings. The standard InChI is InChI=1S/C15H20FN3O2/c1-15(8-7-13(20)18-15)10-17-14(21)19(2)9-11-5-3-4-6-12(11)16/h3-6H,7-10H2,1-2H3,(H,17,21)(H,18,20)/t15-/m1/s1. The zero-order valence-electron chi connectivity index (χ0n) is 12.3. The van der Waals surface area contributed by atoms with Crippen molar-refractivity contribution < 1.29 is 14.0 Å². The van der Waals surface area contributed by atoms with Gasteiger partial charge in [-0.15, -0.1) is 0 Å². The van der Waals surface area contributed by atoms with Crippen molar-refractivity contribution in [2.75, 3.05) is 13.6 Å². The van der Waals surface area contributed by atoms with Gasteiger partial charge in [0, 0.05) is 32.1 Å². The Morgan fingerprint density at radius 3 is 2.81 bits per heavy atom. The first-order chi connectivity index (χ1) is 9.89. The summed E-state index contributed by atoms with van der Waals surface area (Å²) < 4.78 is 13.5. The van der Waals surface area contributed by atoms with Crippen LogP contribution in [0.25, 0.3) is 0 Å². The summed E-state index contributed by atoms with van der Waals surface area (Å²) in [4.78, 5) is 24.7. The van der Waals surface area contributed by atoms with Crippen LogP contribution in [-0.4, -0.2) is 36.0 Å². The van der Waals surface area contributed by atoms with Crippen LogP contribution in [0.15, 0.2) is 24.3 Å². The molecule has 0 aliphatic carbocycles. The minimum atomic E-state index is -0.397. The largest absolute Gasteiger partial charge is 0.349 e. The average molecular weight is 293 g/mol. The first kappa shape index (κ1) is 15.3. The van der Waals surface area contributed by atoms with E-state index in [2.05, 4.69) is 10.6 Å². The number of nitrogens with one attached hydrogen (secondary N) is 2. The lowest BCUT2D eigenvalue weighted by Gasteiger charge is -2.26. The summed E-state index contributed by atoms with van der Waals surface area (Å²) in [6, 6.07) is 6.08. The molecule has 1 aromatic rings. The molecule has 0 bridgehead atoms. The van der Waals surface area contributed by atoms with Crippen LogP contribution in [0.2, 0.25) is 0 Å². The molecule has 6 heteroatoms. The number of urea groups is 1. The number of carbonyl (C=O) groups excluding carboxylic acids is 2. The van der Waals surface area contributed by atoms with Crippen molar-refractivity contribution in [2.24, 2.45) is 0 Å².